The number of nitrogens with one attached hydrogen (secondary N) is 2. The highest BCUT2D eigenvalue weighted by Crippen LogP contribution is 2.08. The maximum atomic E-state index is 11.7. The van der Waals surface area contributed by atoms with Crippen molar-refractivity contribution in [1.29, 1.82) is 0 Å². The molecule has 0 saturated carbocycles. The fourth-order valence-corrected chi connectivity index (χ4v) is 1.65. The van der Waals surface area contributed by atoms with E-state index >= 15 is 0 Å². The van der Waals surface area contributed by atoms with Gasteiger partial charge in [0.05, 0.1) is 6.54 Å². The molecule has 0 atom stereocenters. The largest absolute Gasteiger partial charge is 0.343 e. The Balaban J connectivity index is 2.40. The second-order valence-electron chi connectivity index (χ2n) is 4.08. The molecule has 0 spiro atoms. The molecule has 0 aromatic carbocycles. The van der Waals surface area contributed by atoms with Crippen LogP contribution in [-0.2, 0) is 9.59 Å². The van der Waals surface area contributed by atoms with Gasteiger partial charge >= 0.3 is 0 Å². The summed E-state index contributed by atoms with van der Waals surface area (Å²) in [5.74, 6) is -0.171. The van der Waals surface area contributed by atoms with E-state index in [0.717, 1.165) is 24.2 Å². The van der Waals surface area contributed by atoms with E-state index in [1.165, 1.54) is 0 Å². The van der Waals surface area contributed by atoms with E-state index < -0.39 is 0 Å². The van der Waals surface area contributed by atoms with Crippen LogP contribution in [0.25, 0.3) is 0 Å². The van der Waals surface area contributed by atoms with Gasteiger partial charge in [0.25, 0.3) is 0 Å². The molecule has 0 aromatic rings. The quantitative estimate of drug-likeness (QED) is 0.658. The summed E-state index contributed by atoms with van der Waals surface area (Å²) in [6.45, 7) is 8.65. The van der Waals surface area contributed by atoms with Gasteiger partial charge in [0.15, 0.2) is 0 Å². The van der Waals surface area contributed by atoms with Gasteiger partial charge in [-0.1, -0.05) is 0 Å². The summed E-state index contributed by atoms with van der Waals surface area (Å²) in [6.07, 6.45) is 0. The van der Waals surface area contributed by atoms with Crippen molar-refractivity contribution in [3.63, 3.8) is 0 Å². The first-order valence-corrected chi connectivity index (χ1v) is 6.05. The molecule has 5 heteroatoms. The van der Waals surface area contributed by atoms with Gasteiger partial charge in [-0.2, -0.15) is 0 Å². The average Bonchev–Trinajstić information content (AvgIpc) is 2.25. The fourth-order valence-electron chi connectivity index (χ4n) is 1.65. The SMILES string of the molecule is CCN(CC)C(=O)CNC(=O)C(C)=C1CNC1. The first kappa shape index (κ1) is 13.7. The summed E-state index contributed by atoms with van der Waals surface area (Å²) in [5, 5.41) is 5.75. The Kier molecular flexibility index (Phi) is 5.15. The third kappa shape index (κ3) is 3.56. The van der Waals surface area contributed by atoms with E-state index in [1.807, 2.05) is 13.8 Å². The molecule has 1 aliphatic rings. The Labute approximate surface area is 102 Å². The van der Waals surface area contributed by atoms with Crippen molar-refractivity contribution >= 4 is 11.8 Å². The molecule has 5 nitrogen and oxygen atoms in total. The fraction of sp³-hybridized carbons (Fsp3) is 0.667. The maximum absolute atomic E-state index is 11.7. The molecule has 2 amide bonds. The second-order valence-corrected chi connectivity index (χ2v) is 4.08. The zero-order valence-corrected chi connectivity index (χ0v) is 10.8. The topological polar surface area (TPSA) is 61.4 Å². The smallest absolute Gasteiger partial charge is 0.247 e. The van der Waals surface area contributed by atoms with E-state index in [-0.39, 0.29) is 18.4 Å². The molecular weight excluding hydrogens is 218 g/mol. The lowest BCUT2D eigenvalue weighted by Gasteiger charge is -2.22. The molecule has 1 rings (SSSR count). The number of nitrogens with zero attached hydrogens (tertiary/aromatic N) is 1. The van der Waals surface area contributed by atoms with Crippen LogP contribution in [0.1, 0.15) is 20.8 Å². The Morgan fingerprint density at radius 2 is 1.88 bits per heavy atom. The molecule has 1 heterocycles. The van der Waals surface area contributed by atoms with Crippen molar-refractivity contribution in [1.82, 2.24) is 15.5 Å². The minimum absolute atomic E-state index is 0.0344. The normalized spacial score (nSPS) is 13.9. The van der Waals surface area contributed by atoms with Crippen molar-refractivity contribution < 1.29 is 9.59 Å². The average molecular weight is 239 g/mol. The molecule has 0 radical (unpaired) electrons. The van der Waals surface area contributed by atoms with Gasteiger partial charge in [0.2, 0.25) is 11.8 Å². The molecule has 0 unspecified atom stereocenters. The van der Waals surface area contributed by atoms with Gasteiger partial charge in [0, 0.05) is 31.8 Å². The highest BCUT2D eigenvalue weighted by Gasteiger charge is 2.17. The van der Waals surface area contributed by atoms with Crippen molar-refractivity contribution in [2.75, 3.05) is 32.7 Å². The maximum Gasteiger partial charge on any atom is 0.247 e. The third-order valence-electron chi connectivity index (χ3n) is 3.06. The standard InChI is InChI=1S/C12H21N3O2/c1-4-15(5-2)11(16)8-14-12(17)9(3)10-6-13-7-10/h13H,4-8H2,1-3H3,(H,14,17). The van der Waals surface area contributed by atoms with E-state index in [0.29, 0.717) is 13.1 Å². The highest BCUT2D eigenvalue weighted by atomic mass is 16.2. The Morgan fingerprint density at radius 1 is 1.29 bits per heavy atom. The molecule has 96 valence electrons. The molecule has 0 aliphatic carbocycles. The zero-order chi connectivity index (χ0) is 12.8. The van der Waals surface area contributed by atoms with Crippen LogP contribution in [0.4, 0.5) is 0 Å². The minimum Gasteiger partial charge on any atom is -0.343 e. The first-order valence-electron chi connectivity index (χ1n) is 6.05. The van der Waals surface area contributed by atoms with Crippen LogP contribution in [0.3, 0.4) is 0 Å². The van der Waals surface area contributed by atoms with Crippen LogP contribution in [0.5, 0.6) is 0 Å². The number of amides is 2. The van der Waals surface area contributed by atoms with Crippen LogP contribution in [0, 0.1) is 0 Å². The molecule has 2 N–H and O–H groups in total. The number of hydrogen-bond donors (Lipinski definition) is 2. The predicted octanol–water partition coefficient (Wildman–Crippen LogP) is -0.109. The third-order valence-corrected chi connectivity index (χ3v) is 3.06. The summed E-state index contributed by atoms with van der Waals surface area (Å²) in [6, 6.07) is 0. The molecule has 1 saturated heterocycles. The molecule has 0 aromatic heterocycles. The van der Waals surface area contributed by atoms with Gasteiger partial charge < -0.3 is 15.5 Å². The minimum atomic E-state index is -0.137. The van der Waals surface area contributed by atoms with Crippen LogP contribution in [0.2, 0.25) is 0 Å². The lowest BCUT2D eigenvalue weighted by molar-refractivity contribution is -0.131. The first-order chi connectivity index (χ1) is 8.10. The summed E-state index contributed by atoms with van der Waals surface area (Å²) in [4.78, 5) is 25.1. The molecule has 17 heavy (non-hydrogen) atoms. The van der Waals surface area contributed by atoms with Crippen LogP contribution >= 0.6 is 0 Å². The van der Waals surface area contributed by atoms with Crippen molar-refractivity contribution in [2.45, 2.75) is 20.8 Å². The van der Waals surface area contributed by atoms with Gasteiger partial charge in [-0.15, -0.1) is 0 Å². The van der Waals surface area contributed by atoms with E-state index in [9.17, 15) is 9.59 Å². The second kappa shape index (κ2) is 6.39. The number of likely N-dealkylation sites (N-methyl/N-ethyl adjacent to an activating group) is 1. The lowest BCUT2D eigenvalue weighted by atomic mass is 10.0. The predicted molar refractivity (Wildman–Crippen MR) is 66.5 cm³/mol. The van der Waals surface area contributed by atoms with Gasteiger partial charge in [-0.05, 0) is 26.3 Å². The molecule has 1 fully saturated rings. The molecule has 0 bridgehead atoms. The number of hydrogen-bond acceptors (Lipinski definition) is 3. The summed E-state index contributed by atoms with van der Waals surface area (Å²) < 4.78 is 0. The molecular formula is C12H21N3O2. The zero-order valence-electron chi connectivity index (χ0n) is 10.8. The highest BCUT2D eigenvalue weighted by molar-refractivity contribution is 5.96. The van der Waals surface area contributed by atoms with E-state index in [1.54, 1.807) is 11.8 Å². The summed E-state index contributed by atoms with van der Waals surface area (Å²) in [5.41, 5.74) is 1.86. The van der Waals surface area contributed by atoms with E-state index in [2.05, 4.69) is 10.6 Å². The number of carbonyl (C=O) groups excluding carboxylic acids is 2. The van der Waals surface area contributed by atoms with Crippen LogP contribution < -0.4 is 10.6 Å². The Hall–Kier alpha value is -1.36. The van der Waals surface area contributed by atoms with Crippen molar-refractivity contribution in [3.8, 4) is 0 Å². The van der Waals surface area contributed by atoms with Crippen molar-refractivity contribution in [2.24, 2.45) is 0 Å². The number of carbonyl (C=O) groups is 2. The summed E-state index contributed by atoms with van der Waals surface area (Å²) >= 11 is 0. The monoisotopic (exact) mass is 239 g/mol. The number of rotatable bonds is 5. The Bertz CT molecular complexity index is 327. The van der Waals surface area contributed by atoms with Gasteiger partial charge in [0.1, 0.15) is 0 Å². The van der Waals surface area contributed by atoms with Gasteiger partial charge in [-0.3, -0.25) is 9.59 Å². The lowest BCUT2D eigenvalue weighted by Crippen LogP contribution is -2.42. The molecule has 1 aliphatic heterocycles. The Morgan fingerprint density at radius 3 is 2.29 bits per heavy atom. The van der Waals surface area contributed by atoms with Crippen LogP contribution in [0.15, 0.2) is 11.1 Å². The van der Waals surface area contributed by atoms with Crippen molar-refractivity contribution in [3.05, 3.63) is 11.1 Å². The summed E-state index contributed by atoms with van der Waals surface area (Å²) in [7, 11) is 0. The van der Waals surface area contributed by atoms with Crippen LogP contribution in [-0.4, -0.2) is 49.4 Å². The van der Waals surface area contributed by atoms with E-state index in [4.69, 9.17) is 0 Å². The van der Waals surface area contributed by atoms with Gasteiger partial charge in [-0.25, -0.2) is 0 Å².